The first-order valence-corrected chi connectivity index (χ1v) is 11.1. The van der Waals surface area contributed by atoms with Crippen LogP contribution < -0.4 is 10.0 Å². The minimum atomic E-state index is -3.79. The van der Waals surface area contributed by atoms with Crippen molar-refractivity contribution in [2.75, 3.05) is 10.0 Å². The number of aromatic nitrogens is 2. The first-order valence-electron chi connectivity index (χ1n) is 7.97. The molecule has 142 valence electrons. The summed E-state index contributed by atoms with van der Waals surface area (Å²) in [6, 6.07) is 15.3. The monoisotopic (exact) mass is 450 g/mol. The molecule has 0 radical (unpaired) electrons. The number of halogens is 2. The van der Waals surface area contributed by atoms with Crippen LogP contribution in [0.2, 0.25) is 10.0 Å². The molecule has 4 rings (SSSR count). The lowest BCUT2D eigenvalue weighted by Gasteiger charge is -2.13. The van der Waals surface area contributed by atoms with Crippen molar-refractivity contribution < 1.29 is 8.42 Å². The zero-order chi connectivity index (χ0) is 19.7. The lowest BCUT2D eigenvalue weighted by atomic mass is 10.3. The normalized spacial score (nSPS) is 11.5. The molecular weight excluding hydrogens is 439 g/mol. The Morgan fingerprint density at radius 1 is 0.857 bits per heavy atom. The average molecular weight is 451 g/mol. The highest BCUT2D eigenvalue weighted by molar-refractivity contribution is 7.94. The lowest BCUT2D eigenvalue weighted by molar-refractivity contribution is 0.603. The van der Waals surface area contributed by atoms with E-state index in [0.29, 0.717) is 26.8 Å². The smallest absolute Gasteiger partial charge is 0.272 e. The molecule has 2 aromatic carbocycles. The molecule has 10 heteroatoms. The zero-order valence-electron chi connectivity index (χ0n) is 14.1. The molecule has 0 fully saturated rings. The third kappa shape index (κ3) is 3.90. The number of para-hydroxylation sites is 2. The van der Waals surface area contributed by atoms with Crippen molar-refractivity contribution in [1.82, 2.24) is 9.97 Å². The molecule has 6 nitrogen and oxygen atoms in total. The minimum absolute atomic E-state index is 0.0816. The largest absolute Gasteiger partial charge is 0.337 e. The maximum absolute atomic E-state index is 12.7. The molecule has 0 saturated carbocycles. The molecule has 0 aliphatic heterocycles. The Kier molecular flexibility index (Phi) is 5.11. The number of hydrogen-bond donors (Lipinski definition) is 2. The van der Waals surface area contributed by atoms with E-state index in [1.54, 1.807) is 47.8 Å². The highest BCUT2D eigenvalue weighted by atomic mass is 35.5. The van der Waals surface area contributed by atoms with Crippen LogP contribution in [-0.2, 0) is 10.0 Å². The number of sulfonamides is 1. The Balaban J connectivity index is 1.79. The van der Waals surface area contributed by atoms with Gasteiger partial charge in [0, 0.05) is 5.69 Å². The zero-order valence-corrected chi connectivity index (χ0v) is 17.2. The van der Waals surface area contributed by atoms with Crippen molar-refractivity contribution >= 4 is 72.9 Å². The summed E-state index contributed by atoms with van der Waals surface area (Å²) in [7, 11) is -3.79. The van der Waals surface area contributed by atoms with Gasteiger partial charge in [0.25, 0.3) is 10.0 Å². The van der Waals surface area contributed by atoms with Crippen LogP contribution in [0, 0.1) is 0 Å². The SMILES string of the molecule is O=S(=O)(Nc1nc2ccccc2nc1Nc1ccc(Cl)c(Cl)c1)c1cccs1. The summed E-state index contributed by atoms with van der Waals surface area (Å²) < 4.78 is 28.0. The van der Waals surface area contributed by atoms with Gasteiger partial charge in [-0.05, 0) is 41.8 Å². The van der Waals surface area contributed by atoms with E-state index in [0.717, 1.165) is 11.3 Å². The molecule has 0 aliphatic carbocycles. The quantitative estimate of drug-likeness (QED) is 0.416. The molecule has 2 heterocycles. The molecule has 28 heavy (non-hydrogen) atoms. The van der Waals surface area contributed by atoms with Gasteiger partial charge in [0.15, 0.2) is 11.6 Å². The van der Waals surface area contributed by atoms with Crippen LogP contribution in [0.5, 0.6) is 0 Å². The second kappa shape index (κ2) is 7.56. The number of nitrogens with zero attached hydrogens (tertiary/aromatic N) is 2. The average Bonchev–Trinajstić information content (AvgIpc) is 3.21. The summed E-state index contributed by atoms with van der Waals surface area (Å²) in [4.78, 5) is 8.95. The van der Waals surface area contributed by atoms with Gasteiger partial charge in [0.05, 0.1) is 21.1 Å². The number of hydrogen-bond acceptors (Lipinski definition) is 6. The minimum Gasteiger partial charge on any atom is -0.337 e. The fourth-order valence-corrected chi connectivity index (χ4v) is 4.76. The van der Waals surface area contributed by atoms with Gasteiger partial charge in [-0.1, -0.05) is 41.4 Å². The molecule has 2 aromatic heterocycles. The van der Waals surface area contributed by atoms with Gasteiger partial charge in [-0.2, -0.15) is 0 Å². The highest BCUT2D eigenvalue weighted by Crippen LogP contribution is 2.30. The van der Waals surface area contributed by atoms with E-state index in [1.165, 1.54) is 6.07 Å². The van der Waals surface area contributed by atoms with E-state index in [4.69, 9.17) is 23.2 Å². The van der Waals surface area contributed by atoms with Crippen LogP contribution in [0.1, 0.15) is 0 Å². The highest BCUT2D eigenvalue weighted by Gasteiger charge is 2.20. The van der Waals surface area contributed by atoms with E-state index in [-0.39, 0.29) is 15.8 Å². The Morgan fingerprint density at radius 3 is 2.21 bits per heavy atom. The van der Waals surface area contributed by atoms with Crippen LogP contribution >= 0.6 is 34.5 Å². The number of rotatable bonds is 5. The first-order chi connectivity index (χ1) is 13.4. The molecule has 0 atom stereocenters. The van der Waals surface area contributed by atoms with Crippen molar-refractivity contribution in [1.29, 1.82) is 0 Å². The number of thiophene rings is 1. The second-order valence-corrected chi connectivity index (χ2v) is 9.37. The van der Waals surface area contributed by atoms with Gasteiger partial charge in [-0.15, -0.1) is 11.3 Å². The summed E-state index contributed by atoms with van der Waals surface area (Å²) >= 11 is 13.1. The fraction of sp³-hybridized carbons (Fsp3) is 0. The standard InChI is InChI=1S/C18H12Cl2N4O2S2/c19-12-8-7-11(10-13(12)20)21-17-18(23-15-5-2-1-4-14(15)22-17)24-28(25,26)16-6-3-9-27-16/h1-10H,(H,21,22)(H,23,24). The van der Waals surface area contributed by atoms with E-state index in [9.17, 15) is 8.42 Å². The third-order valence-corrected chi connectivity index (χ3v) is 7.22. The van der Waals surface area contributed by atoms with Crippen LogP contribution in [0.15, 0.2) is 64.2 Å². The van der Waals surface area contributed by atoms with E-state index in [1.807, 2.05) is 6.07 Å². The van der Waals surface area contributed by atoms with Crippen molar-refractivity contribution in [3.63, 3.8) is 0 Å². The Morgan fingerprint density at radius 2 is 1.57 bits per heavy atom. The number of anilines is 3. The molecule has 0 amide bonds. The summed E-state index contributed by atoms with van der Waals surface area (Å²) in [5.41, 5.74) is 1.77. The first kappa shape index (κ1) is 18.9. The van der Waals surface area contributed by atoms with Crippen molar-refractivity contribution in [2.45, 2.75) is 4.21 Å². The number of fused-ring (bicyclic) bond motifs is 1. The summed E-state index contributed by atoms with van der Waals surface area (Å²) in [5, 5.41) is 5.52. The van der Waals surface area contributed by atoms with Crippen LogP contribution in [-0.4, -0.2) is 18.4 Å². The molecule has 0 unspecified atom stereocenters. The molecule has 2 N–H and O–H groups in total. The Hall–Kier alpha value is -2.39. The summed E-state index contributed by atoms with van der Waals surface area (Å²) in [5.74, 6) is 0.329. The molecule has 0 aliphatic rings. The molecule has 0 bridgehead atoms. The van der Waals surface area contributed by atoms with Crippen molar-refractivity contribution in [3.8, 4) is 0 Å². The van der Waals surface area contributed by atoms with E-state index < -0.39 is 10.0 Å². The van der Waals surface area contributed by atoms with Gasteiger partial charge in [-0.25, -0.2) is 18.4 Å². The maximum atomic E-state index is 12.7. The van der Waals surface area contributed by atoms with E-state index >= 15 is 0 Å². The maximum Gasteiger partial charge on any atom is 0.272 e. The predicted octanol–water partition coefficient (Wildman–Crippen LogP) is 5.54. The van der Waals surface area contributed by atoms with Gasteiger partial charge in [0.2, 0.25) is 0 Å². The molecular formula is C18H12Cl2N4O2S2. The molecule has 0 spiro atoms. The Bertz CT molecular complexity index is 1260. The lowest BCUT2D eigenvalue weighted by Crippen LogP contribution is -2.15. The molecule has 4 aromatic rings. The second-order valence-electron chi connectivity index (χ2n) is 5.70. The summed E-state index contributed by atoms with van der Waals surface area (Å²) in [6.07, 6.45) is 0. The van der Waals surface area contributed by atoms with Crippen LogP contribution in [0.25, 0.3) is 11.0 Å². The number of nitrogens with one attached hydrogen (secondary N) is 2. The van der Waals surface area contributed by atoms with Gasteiger partial charge in [-0.3, -0.25) is 4.72 Å². The topological polar surface area (TPSA) is 84.0 Å². The van der Waals surface area contributed by atoms with Gasteiger partial charge >= 0.3 is 0 Å². The van der Waals surface area contributed by atoms with Crippen molar-refractivity contribution in [3.05, 3.63) is 70.0 Å². The van der Waals surface area contributed by atoms with E-state index in [2.05, 4.69) is 20.0 Å². The fourth-order valence-electron chi connectivity index (χ4n) is 2.46. The molecule has 0 saturated heterocycles. The third-order valence-electron chi connectivity index (χ3n) is 3.74. The van der Waals surface area contributed by atoms with Gasteiger partial charge < -0.3 is 5.32 Å². The van der Waals surface area contributed by atoms with Crippen molar-refractivity contribution in [2.24, 2.45) is 0 Å². The number of benzene rings is 2. The van der Waals surface area contributed by atoms with Crippen LogP contribution in [0.3, 0.4) is 0 Å². The van der Waals surface area contributed by atoms with Gasteiger partial charge in [0.1, 0.15) is 4.21 Å². The predicted molar refractivity (Wildman–Crippen MR) is 114 cm³/mol. The Labute approximate surface area is 175 Å². The summed E-state index contributed by atoms with van der Waals surface area (Å²) in [6.45, 7) is 0. The van der Waals surface area contributed by atoms with Crippen LogP contribution in [0.4, 0.5) is 17.3 Å².